The largest absolute Gasteiger partial charge is 0.459 e. The average Bonchev–Trinajstić information content (AvgIpc) is 2.45. The van der Waals surface area contributed by atoms with Gasteiger partial charge in [-0.05, 0) is 33.2 Å². The summed E-state index contributed by atoms with van der Waals surface area (Å²) in [7, 11) is 2.13. The first-order valence-corrected chi connectivity index (χ1v) is 6.42. The second-order valence-electron chi connectivity index (χ2n) is 5.86. The Kier molecular flexibility index (Phi) is 2.99. The molecular weight excluding hydrogens is 202 g/mol. The number of rotatable bonds is 2. The molecule has 0 aromatic rings. The topological polar surface area (TPSA) is 29.5 Å². The number of carbonyl (C=O) groups excluding carboxylic acids is 1. The molecule has 0 N–H and O–H groups in total. The number of piperidine rings is 1. The molecule has 2 aliphatic rings. The first-order chi connectivity index (χ1) is 7.50. The summed E-state index contributed by atoms with van der Waals surface area (Å²) in [6, 6.07) is 0. The fourth-order valence-corrected chi connectivity index (χ4v) is 3.19. The van der Waals surface area contributed by atoms with E-state index >= 15 is 0 Å². The van der Waals surface area contributed by atoms with Gasteiger partial charge in [0.2, 0.25) is 0 Å². The van der Waals surface area contributed by atoms with E-state index < -0.39 is 0 Å². The quantitative estimate of drug-likeness (QED) is 0.675. The van der Waals surface area contributed by atoms with E-state index in [0.29, 0.717) is 0 Å². The van der Waals surface area contributed by atoms with Gasteiger partial charge < -0.3 is 9.64 Å². The van der Waals surface area contributed by atoms with E-state index in [9.17, 15) is 4.79 Å². The summed E-state index contributed by atoms with van der Waals surface area (Å²) < 4.78 is 5.74. The van der Waals surface area contributed by atoms with Gasteiger partial charge in [0.25, 0.3) is 0 Å². The van der Waals surface area contributed by atoms with Crippen molar-refractivity contribution in [1.82, 2.24) is 4.90 Å². The first-order valence-electron chi connectivity index (χ1n) is 6.42. The summed E-state index contributed by atoms with van der Waals surface area (Å²) in [5, 5.41) is 0. The Morgan fingerprint density at radius 1 is 1.38 bits per heavy atom. The van der Waals surface area contributed by atoms with Crippen LogP contribution in [-0.2, 0) is 9.53 Å². The third-order valence-corrected chi connectivity index (χ3v) is 4.21. The van der Waals surface area contributed by atoms with E-state index in [1.165, 1.54) is 0 Å². The Morgan fingerprint density at radius 2 is 2.00 bits per heavy atom. The number of hydrogen-bond acceptors (Lipinski definition) is 3. The van der Waals surface area contributed by atoms with Crippen molar-refractivity contribution in [1.29, 1.82) is 0 Å². The molecule has 2 aliphatic heterocycles. The molecule has 2 saturated heterocycles. The lowest BCUT2D eigenvalue weighted by Gasteiger charge is -2.36. The molecule has 2 heterocycles. The zero-order chi connectivity index (χ0) is 11.8. The summed E-state index contributed by atoms with van der Waals surface area (Å²) in [6.07, 6.45) is 4.97. The molecule has 0 bridgehead atoms. The number of esters is 1. The van der Waals surface area contributed by atoms with Crippen LogP contribution >= 0.6 is 0 Å². The van der Waals surface area contributed by atoms with Crippen molar-refractivity contribution >= 4 is 5.97 Å². The minimum Gasteiger partial charge on any atom is -0.459 e. The molecule has 1 spiro atoms. The molecule has 0 radical (unpaired) electrons. The van der Waals surface area contributed by atoms with Crippen molar-refractivity contribution in [3.63, 3.8) is 0 Å². The Balaban J connectivity index is 2.08. The molecule has 2 rings (SSSR count). The van der Waals surface area contributed by atoms with Gasteiger partial charge in [-0.15, -0.1) is 0 Å². The third kappa shape index (κ3) is 1.97. The van der Waals surface area contributed by atoms with Gasteiger partial charge in [0.1, 0.15) is 5.60 Å². The summed E-state index contributed by atoms with van der Waals surface area (Å²) in [6.45, 7) is 6.31. The standard InChI is InChI=1S/C13H23NO2/c1-4-5-12(2)10-13(16-11(12)15)6-8-14(3)9-7-13/h4-10H2,1-3H3. The maximum atomic E-state index is 12.0. The van der Waals surface area contributed by atoms with Gasteiger partial charge in [-0.3, -0.25) is 4.79 Å². The van der Waals surface area contributed by atoms with Crippen LogP contribution in [0.2, 0.25) is 0 Å². The smallest absolute Gasteiger partial charge is 0.312 e. The van der Waals surface area contributed by atoms with Gasteiger partial charge in [-0.25, -0.2) is 0 Å². The molecule has 1 unspecified atom stereocenters. The molecule has 16 heavy (non-hydrogen) atoms. The highest BCUT2D eigenvalue weighted by molar-refractivity contribution is 5.79. The van der Waals surface area contributed by atoms with Gasteiger partial charge in [-0.1, -0.05) is 13.3 Å². The molecule has 0 aromatic carbocycles. The molecule has 3 heteroatoms. The fourth-order valence-electron chi connectivity index (χ4n) is 3.19. The van der Waals surface area contributed by atoms with Crippen LogP contribution in [0.5, 0.6) is 0 Å². The van der Waals surface area contributed by atoms with Crippen molar-refractivity contribution in [2.75, 3.05) is 20.1 Å². The number of nitrogens with zero attached hydrogens (tertiary/aromatic N) is 1. The summed E-state index contributed by atoms with van der Waals surface area (Å²) in [5.74, 6) is 0.0407. The highest BCUT2D eigenvalue weighted by Crippen LogP contribution is 2.47. The third-order valence-electron chi connectivity index (χ3n) is 4.21. The van der Waals surface area contributed by atoms with Crippen LogP contribution in [0.25, 0.3) is 0 Å². The van der Waals surface area contributed by atoms with Crippen molar-refractivity contribution in [2.24, 2.45) is 5.41 Å². The van der Waals surface area contributed by atoms with Gasteiger partial charge in [0.05, 0.1) is 5.41 Å². The van der Waals surface area contributed by atoms with Crippen LogP contribution in [0.4, 0.5) is 0 Å². The maximum Gasteiger partial charge on any atom is 0.312 e. The highest BCUT2D eigenvalue weighted by atomic mass is 16.6. The lowest BCUT2D eigenvalue weighted by Crippen LogP contribution is -2.42. The molecular formula is C13H23NO2. The van der Waals surface area contributed by atoms with Crippen molar-refractivity contribution < 1.29 is 9.53 Å². The average molecular weight is 225 g/mol. The lowest BCUT2D eigenvalue weighted by atomic mass is 9.75. The van der Waals surface area contributed by atoms with Gasteiger partial charge >= 0.3 is 5.97 Å². The van der Waals surface area contributed by atoms with Gasteiger partial charge in [0.15, 0.2) is 0 Å². The second kappa shape index (κ2) is 4.02. The van der Waals surface area contributed by atoms with E-state index in [2.05, 4.69) is 25.8 Å². The van der Waals surface area contributed by atoms with E-state index in [1.54, 1.807) is 0 Å². The van der Waals surface area contributed by atoms with Crippen molar-refractivity contribution in [3.8, 4) is 0 Å². The van der Waals surface area contributed by atoms with Crippen LogP contribution in [0, 0.1) is 5.41 Å². The molecule has 0 aliphatic carbocycles. The zero-order valence-corrected chi connectivity index (χ0v) is 10.7. The monoisotopic (exact) mass is 225 g/mol. The predicted octanol–water partition coefficient (Wildman–Crippen LogP) is 2.20. The molecule has 0 aromatic heterocycles. The molecule has 2 fully saturated rings. The minimum absolute atomic E-state index is 0.0407. The minimum atomic E-state index is -0.218. The Bertz CT molecular complexity index is 282. The van der Waals surface area contributed by atoms with E-state index in [0.717, 1.165) is 45.2 Å². The van der Waals surface area contributed by atoms with Crippen LogP contribution in [0.15, 0.2) is 0 Å². The zero-order valence-electron chi connectivity index (χ0n) is 10.7. The molecule has 3 nitrogen and oxygen atoms in total. The van der Waals surface area contributed by atoms with Crippen LogP contribution in [0.3, 0.4) is 0 Å². The van der Waals surface area contributed by atoms with Crippen molar-refractivity contribution in [3.05, 3.63) is 0 Å². The maximum absolute atomic E-state index is 12.0. The lowest BCUT2D eigenvalue weighted by molar-refractivity contribution is -0.156. The van der Waals surface area contributed by atoms with Crippen molar-refractivity contribution in [2.45, 2.75) is 51.6 Å². The fraction of sp³-hybridized carbons (Fsp3) is 0.923. The molecule has 0 amide bonds. The predicted molar refractivity (Wildman–Crippen MR) is 63.2 cm³/mol. The Labute approximate surface area is 98.1 Å². The number of ether oxygens (including phenoxy) is 1. The summed E-state index contributed by atoms with van der Waals surface area (Å²) >= 11 is 0. The Hall–Kier alpha value is -0.570. The Morgan fingerprint density at radius 3 is 2.56 bits per heavy atom. The van der Waals surface area contributed by atoms with Crippen LogP contribution < -0.4 is 0 Å². The van der Waals surface area contributed by atoms with Gasteiger partial charge in [0, 0.05) is 19.5 Å². The number of likely N-dealkylation sites (tertiary alicyclic amines) is 1. The summed E-state index contributed by atoms with van der Waals surface area (Å²) in [4.78, 5) is 14.3. The molecule has 1 atom stereocenters. The number of carbonyl (C=O) groups is 1. The van der Waals surface area contributed by atoms with Crippen LogP contribution in [-0.4, -0.2) is 36.6 Å². The van der Waals surface area contributed by atoms with Crippen LogP contribution in [0.1, 0.15) is 46.0 Å². The normalized spacial score (nSPS) is 34.3. The first kappa shape index (κ1) is 11.9. The highest BCUT2D eigenvalue weighted by Gasteiger charge is 2.53. The SMILES string of the molecule is CCCC1(C)CC2(CCN(C)CC2)OC1=O. The van der Waals surface area contributed by atoms with E-state index in [4.69, 9.17) is 4.74 Å². The molecule has 92 valence electrons. The van der Waals surface area contributed by atoms with E-state index in [1.807, 2.05) is 0 Å². The van der Waals surface area contributed by atoms with Gasteiger partial charge in [-0.2, -0.15) is 0 Å². The van der Waals surface area contributed by atoms with E-state index in [-0.39, 0.29) is 17.0 Å². The molecule has 0 saturated carbocycles. The summed E-state index contributed by atoms with van der Waals surface area (Å²) in [5.41, 5.74) is -0.349. The number of hydrogen-bond donors (Lipinski definition) is 0. The second-order valence-corrected chi connectivity index (χ2v) is 5.86.